The lowest BCUT2D eigenvalue weighted by Gasteiger charge is -2.17. The van der Waals surface area contributed by atoms with Crippen molar-refractivity contribution >= 4 is 22.9 Å². The molecule has 1 N–H and O–H groups in total. The number of hydrogen-bond acceptors (Lipinski definition) is 7. The number of rotatable bonds is 7. The molecule has 0 aliphatic carbocycles. The van der Waals surface area contributed by atoms with Gasteiger partial charge in [-0.25, -0.2) is 9.67 Å². The molecule has 1 aliphatic heterocycles. The number of fused-ring (bicyclic) bond motifs is 1. The van der Waals surface area contributed by atoms with Gasteiger partial charge in [-0.1, -0.05) is 53.7 Å². The zero-order chi connectivity index (χ0) is 22.7. The fraction of sp³-hybridized carbons (Fsp3) is 0.240. The normalized spacial score (nSPS) is 13.6. The molecule has 1 aliphatic rings. The first-order valence-corrected chi connectivity index (χ1v) is 11.6. The first-order valence-electron chi connectivity index (χ1n) is 11.6. The minimum atomic E-state index is 0.526. The average molecular weight is 452 g/mol. The van der Waals surface area contributed by atoms with Crippen LogP contribution in [0.2, 0.25) is 0 Å². The van der Waals surface area contributed by atoms with E-state index in [1.165, 1.54) is 5.56 Å². The molecule has 34 heavy (non-hydrogen) atoms. The Bertz CT molecular complexity index is 1390. The van der Waals surface area contributed by atoms with E-state index in [0.29, 0.717) is 13.1 Å². The molecule has 0 saturated carbocycles. The number of aromatic nitrogens is 7. The first kappa shape index (κ1) is 20.3. The van der Waals surface area contributed by atoms with E-state index in [4.69, 9.17) is 9.97 Å². The molecule has 6 rings (SSSR count). The zero-order valence-electron chi connectivity index (χ0n) is 18.7. The van der Waals surface area contributed by atoms with Crippen LogP contribution in [0.15, 0.2) is 73.2 Å². The van der Waals surface area contributed by atoms with Gasteiger partial charge < -0.3 is 14.8 Å². The molecule has 0 atom stereocenters. The van der Waals surface area contributed by atoms with E-state index in [1.807, 2.05) is 65.6 Å². The molecule has 1 fully saturated rings. The number of nitrogens with one attached hydrogen (secondary N) is 1. The van der Waals surface area contributed by atoms with Crippen LogP contribution in [-0.4, -0.2) is 47.6 Å². The van der Waals surface area contributed by atoms with Crippen LogP contribution in [0.3, 0.4) is 0 Å². The second-order valence-electron chi connectivity index (χ2n) is 8.44. The maximum Gasteiger partial charge on any atom is 0.229 e. The molecule has 0 bridgehead atoms. The second-order valence-corrected chi connectivity index (χ2v) is 8.44. The second kappa shape index (κ2) is 8.93. The minimum Gasteiger partial charge on any atom is -0.364 e. The van der Waals surface area contributed by atoms with Crippen LogP contribution in [0.25, 0.3) is 16.9 Å². The molecule has 0 amide bonds. The van der Waals surface area contributed by atoms with Crippen LogP contribution in [0.5, 0.6) is 0 Å². The third-order valence-corrected chi connectivity index (χ3v) is 6.04. The maximum absolute atomic E-state index is 4.91. The topological polar surface area (TPSA) is 89.6 Å². The Morgan fingerprint density at radius 1 is 0.882 bits per heavy atom. The van der Waals surface area contributed by atoms with Gasteiger partial charge in [-0.2, -0.15) is 9.97 Å². The molecule has 4 heterocycles. The largest absolute Gasteiger partial charge is 0.364 e. The molecule has 1 saturated heterocycles. The molecule has 2 aromatic carbocycles. The lowest BCUT2D eigenvalue weighted by Crippen LogP contribution is -2.21. The van der Waals surface area contributed by atoms with Crippen molar-refractivity contribution in [1.29, 1.82) is 0 Å². The van der Waals surface area contributed by atoms with E-state index in [1.54, 1.807) is 4.68 Å². The van der Waals surface area contributed by atoms with Crippen LogP contribution >= 0.6 is 0 Å². The van der Waals surface area contributed by atoms with Gasteiger partial charge in [0, 0.05) is 19.6 Å². The molecule has 9 nitrogen and oxygen atoms in total. The third-order valence-electron chi connectivity index (χ3n) is 6.04. The molecule has 170 valence electrons. The van der Waals surface area contributed by atoms with Crippen LogP contribution < -0.4 is 10.2 Å². The van der Waals surface area contributed by atoms with Crippen LogP contribution in [0.1, 0.15) is 24.1 Å². The van der Waals surface area contributed by atoms with Crippen LogP contribution in [0, 0.1) is 0 Å². The minimum absolute atomic E-state index is 0.526. The van der Waals surface area contributed by atoms with Gasteiger partial charge in [0.25, 0.3) is 0 Å². The summed E-state index contributed by atoms with van der Waals surface area (Å²) in [6.07, 6.45) is 6.08. The summed E-state index contributed by atoms with van der Waals surface area (Å²) >= 11 is 0. The van der Waals surface area contributed by atoms with Gasteiger partial charge in [-0.3, -0.25) is 0 Å². The van der Waals surface area contributed by atoms with Crippen molar-refractivity contribution < 1.29 is 0 Å². The number of anilines is 2. The summed E-state index contributed by atoms with van der Waals surface area (Å²) in [7, 11) is 0. The molecule has 9 heteroatoms. The van der Waals surface area contributed by atoms with Crippen LogP contribution in [0.4, 0.5) is 11.8 Å². The van der Waals surface area contributed by atoms with Gasteiger partial charge in [0.15, 0.2) is 17.0 Å². The SMILES string of the molecule is c1ccc(CNc2nc(N3CCCC3)nc3c2ncn3Cc2cn(-c3ccccc3)nn2)cc1. The molecular formula is C25H25N9. The highest BCUT2D eigenvalue weighted by molar-refractivity contribution is 5.84. The number of para-hydroxylation sites is 1. The van der Waals surface area contributed by atoms with Gasteiger partial charge >= 0.3 is 0 Å². The van der Waals surface area contributed by atoms with Crippen molar-refractivity contribution in [3.05, 3.63) is 84.4 Å². The van der Waals surface area contributed by atoms with Crippen LogP contribution in [-0.2, 0) is 13.1 Å². The fourth-order valence-electron chi connectivity index (χ4n) is 4.26. The van der Waals surface area contributed by atoms with Gasteiger partial charge in [0.2, 0.25) is 5.95 Å². The summed E-state index contributed by atoms with van der Waals surface area (Å²) in [6, 6.07) is 20.3. The van der Waals surface area contributed by atoms with Crippen molar-refractivity contribution in [3.8, 4) is 5.69 Å². The van der Waals surface area contributed by atoms with E-state index in [0.717, 1.165) is 60.2 Å². The van der Waals surface area contributed by atoms with E-state index in [9.17, 15) is 0 Å². The van der Waals surface area contributed by atoms with Gasteiger partial charge in [0.05, 0.1) is 24.8 Å². The van der Waals surface area contributed by atoms with Crippen molar-refractivity contribution in [2.75, 3.05) is 23.3 Å². The molecular weight excluding hydrogens is 426 g/mol. The predicted octanol–water partition coefficient (Wildman–Crippen LogP) is 3.67. The molecule has 0 radical (unpaired) electrons. The Morgan fingerprint density at radius 3 is 2.44 bits per heavy atom. The van der Waals surface area contributed by atoms with E-state index >= 15 is 0 Å². The molecule has 3 aromatic heterocycles. The maximum atomic E-state index is 4.91. The smallest absolute Gasteiger partial charge is 0.229 e. The molecule has 0 unspecified atom stereocenters. The average Bonchev–Trinajstić information content (AvgIpc) is 3.66. The lowest BCUT2D eigenvalue weighted by molar-refractivity contribution is 0.764. The Labute approximate surface area is 197 Å². The number of imidazole rings is 1. The number of hydrogen-bond donors (Lipinski definition) is 1. The predicted molar refractivity (Wildman–Crippen MR) is 131 cm³/mol. The lowest BCUT2D eigenvalue weighted by atomic mass is 10.2. The monoisotopic (exact) mass is 451 g/mol. The highest BCUT2D eigenvalue weighted by atomic mass is 15.4. The van der Waals surface area contributed by atoms with Gasteiger partial charge in [-0.15, -0.1) is 5.10 Å². The first-order chi connectivity index (χ1) is 16.8. The Morgan fingerprint density at radius 2 is 1.65 bits per heavy atom. The zero-order valence-corrected chi connectivity index (χ0v) is 18.7. The summed E-state index contributed by atoms with van der Waals surface area (Å²) in [6.45, 7) is 3.15. The summed E-state index contributed by atoms with van der Waals surface area (Å²) < 4.78 is 3.80. The van der Waals surface area contributed by atoms with Crippen molar-refractivity contribution in [2.45, 2.75) is 25.9 Å². The number of nitrogens with zero attached hydrogens (tertiary/aromatic N) is 8. The summed E-state index contributed by atoms with van der Waals surface area (Å²) in [5.74, 6) is 1.50. The van der Waals surface area contributed by atoms with Crippen molar-refractivity contribution in [3.63, 3.8) is 0 Å². The standard InChI is InChI=1S/C25H25N9/c1-3-9-19(10-4-1)15-26-23-22-24(29-25(28-23)32-13-7-8-14-32)33(18-27-22)16-20-17-34(31-30-20)21-11-5-2-6-12-21/h1-6,9-12,17-18H,7-8,13-16H2,(H,26,28,29). The number of benzene rings is 2. The summed E-state index contributed by atoms with van der Waals surface area (Å²) in [5, 5.41) is 12.1. The van der Waals surface area contributed by atoms with Crippen molar-refractivity contribution in [1.82, 2.24) is 34.5 Å². The van der Waals surface area contributed by atoms with E-state index in [2.05, 4.69) is 37.6 Å². The molecule has 0 spiro atoms. The van der Waals surface area contributed by atoms with Gasteiger partial charge in [0.1, 0.15) is 5.69 Å². The van der Waals surface area contributed by atoms with Gasteiger partial charge in [-0.05, 0) is 30.5 Å². The Kier molecular flexibility index (Phi) is 5.35. The Hall–Kier alpha value is -4.27. The summed E-state index contributed by atoms with van der Waals surface area (Å²) in [5.41, 5.74) is 4.55. The summed E-state index contributed by atoms with van der Waals surface area (Å²) in [4.78, 5) is 16.7. The van der Waals surface area contributed by atoms with Crippen molar-refractivity contribution in [2.24, 2.45) is 0 Å². The highest BCUT2D eigenvalue weighted by Gasteiger charge is 2.20. The van der Waals surface area contributed by atoms with E-state index in [-0.39, 0.29) is 0 Å². The quantitative estimate of drug-likeness (QED) is 0.404. The highest BCUT2D eigenvalue weighted by Crippen LogP contribution is 2.25. The van der Waals surface area contributed by atoms with E-state index < -0.39 is 0 Å². The third kappa shape index (κ3) is 4.07. The Balaban J connectivity index is 1.33. The fourth-order valence-corrected chi connectivity index (χ4v) is 4.26. The molecule has 5 aromatic rings.